The van der Waals surface area contributed by atoms with Crippen LogP contribution in [0.4, 0.5) is 17.1 Å². The first-order valence-electron chi connectivity index (χ1n) is 6.07. The zero-order chi connectivity index (χ0) is 12.7. The second-order valence-electron chi connectivity index (χ2n) is 3.98. The van der Waals surface area contributed by atoms with E-state index in [0.717, 1.165) is 24.9 Å². The molecule has 0 aliphatic carbocycles. The van der Waals surface area contributed by atoms with Crippen molar-refractivity contribution in [2.75, 3.05) is 37.1 Å². The highest BCUT2D eigenvalue weighted by Gasteiger charge is 2.08. The van der Waals surface area contributed by atoms with E-state index in [2.05, 4.69) is 34.7 Å². The van der Waals surface area contributed by atoms with E-state index in [4.69, 9.17) is 0 Å². The van der Waals surface area contributed by atoms with Crippen LogP contribution in [0.15, 0.2) is 24.8 Å². The Morgan fingerprint density at radius 2 is 1.65 bits per heavy atom. The molecule has 0 atom stereocenters. The van der Waals surface area contributed by atoms with Crippen molar-refractivity contribution in [1.29, 1.82) is 0 Å². The fourth-order valence-corrected chi connectivity index (χ4v) is 1.95. The predicted octanol–water partition coefficient (Wildman–Crippen LogP) is 3.32. The number of anilines is 3. The van der Waals surface area contributed by atoms with Gasteiger partial charge in [0.15, 0.2) is 0 Å². The first kappa shape index (κ1) is 13.4. The number of rotatable bonds is 7. The van der Waals surface area contributed by atoms with Crippen molar-refractivity contribution in [2.45, 2.75) is 19.3 Å². The van der Waals surface area contributed by atoms with Gasteiger partial charge in [-0.2, -0.15) is 0 Å². The Hall–Kier alpha value is -1.64. The highest BCUT2D eigenvalue weighted by molar-refractivity contribution is 5.73. The molecule has 0 radical (unpaired) electrons. The van der Waals surface area contributed by atoms with E-state index in [-0.39, 0.29) is 0 Å². The number of hydrogen-bond acceptors (Lipinski definition) is 3. The van der Waals surface area contributed by atoms with Gasteiger partial charge in [0.05, 0.1) is 0 Å². The summed E-state index contributed by atoms with van der Waals surface area (Å²) >= 11 is 0. The third-order valence-corrected chi connectivity index (χ3v) is 2.91. The first-order valence-corrected chi connectivity index (χ1v) is 6.07. The molecule has 3 heteroatoms. The summed E-state index contributed by atoms with van der Waals surface area (Å²) in [4.78, 5) is 0. The molecule has 0 saturated heterocycles. The molecule has 17 heavy (non-hydrogen) atoms. The molecule has 0 unspecified atom stereocenters. The van der Waals surface area contributed by atoms with Gasteiger partial charge in [0.1, 0.15) is 0 Å². The second kappa shape index (κ2) is 6.84. The van der Waals surface area contributed by atoms with Crippen molar-refractivity contribution >= 4 is 17.1 Å². The maximum atomic E-state index is 3.76. The van der Waals surface area contributed by atoms with Crippen LogP contribution in [-0.4, -0.2) is 21.1 Å². The van der Waals surface area contributed by atoms with Crippen LogP contribution in [-0.2, 0) is 6.42 Å². The Bertz CT molecular complexity index is 347. The topological polar surface area (TPSA) is 36.1 Å². The summed E-state index contributed by atoms with van der Waals surface area (Å²) in [5, 5.41) is 9.71. The van der Waals surface area contributed by atoms with Crippen LogP contribution in [0.5, 0.6) is 0 Å². The molecule has 1 aromatic carbocycles. The Morgan fingerprint density at radius 3 is 2.06 bits per heavy atom. The van der Waals surface area contributed by atoms with Gasteiger partial charge in [0.25, 0.3) is 0 Å². The van der Waals surface area contributed by atoms with Gasteiger partial charge in [-0.25, -0.2) is 0 Å². The SMILES string of the molecule is C=CCCCc1c(NC)cc(NC)cc1NC. The second-order valence-corrected chi connectivity index (χ2v) is 3.98. The molecular formula is C14H23N3. The average molecular weight is 233 g/mol. The fraction of sp³-hybridized carbons (Fsp3) is 0.429. The van der Waals surface area contributed by atoms with Crippen molar-refractivity contribution in [2.24, 2.45) is 0 Å². The van der Waals surface area contributed by atoms with Gasteiger partial charge in [0, 0.05) is 38.2 Å². The molecule has 94 valence electrons. The third kappa shape index (κ3) is 3.41. The minimum Gasteiger partial charge on any atom is -0.388 e. The molecular weight excluding hydrogens is 210 g/mol. The van der Waals surface area contributed by atoms with Crippen LogP contribution < -0.4 is 16.0 Å². The zero-order valence-electron chi connectivity index (χ0n) is 11.1. The Labute approximate surface area is 104 Å². The number of allylic oxidation sites excluding steroid dienone is 1. The van der Waals surface area contributed by atoms with Gasteiger partial charge >= 0.3 is 0 Å². The lowest BCUT2D eigenvalue weighted by Crippen LogP contribution is -2.03. The average Bonchev–Trinajstić information content (AvgIpc) is 2.38. The van der Waals surface area contributed by atoms with Crippen molar-refractivity contribution in [3.8, 4) is 0 Å². The van der Waals surface area contributed by atoms with E-state index >= 15 is 0 Å². The maximum absolute atomic E-state index is 3.76. The summed E-state index contributed by atoms with van der Waals surface area (Å²) < 4.78 is 0. The lowest BCUT2D eigenvalue weighted by Gasteiger charge is -2.16. The van der Waals surface area contributed by atoms with E-state index < -0.39 is 0 Å². The Balaban J connectivity index is 3.01. The van der Waals surface area contributed by atoms with Crippen LogP contribution in [0.25, 0.3) is 0 Å². The standard InChI is InChI=1S/C14H23N3/c1-5-6-7-8-12-13(16-3)9-11(15-2)10-14(12)17-4/h5,9-10,15-17H,1,6-8H2,2-4H3. The molecule has 0 heterocycles. The lowest BCUT2D eigenvalue weighted by molar-refractivity contribution is 0.846. The number of unbranched alkanes of at least 4 members (excludes halogenated alkanes) is 1. The molecule has 0 aromatic heterocycles. The van der Waals surface area contributed by atoms with E-state index in [0.29, 0.717) is 0 Å². The minimum absolute atomic E-state index is 1.06. The molecule has 1 rings (SSSR count). The molecule has 0 saturated carbocycles. The lowest BCUT2D eigenvalue weighted by atomic mass is 10.0. The summed E-state index contributed by atoms with van der Waals surface area (Å²) in [7, 11) is 5.86. The molecule has 0 fully saturated rings. The van der Waals surface area contributed by atoms with E-state index in [1.165, 1.54) is 16.9 Å². The monoisotopic (exact) mass is 233 g/mol. The highest BCUT2D eigenvalue weighted by Crippen LogP contribution is 2.30. The number of nitrogens with one attached hydrogen (secondary N) is 3. The molecule has 0 spiro atoms. The van der Waals surface area contributed by atoms with E-state index in [1.54, 1.807) is 0 Å². The van der Waals surface area contributed by atoms with Gasteiger partial charge in [-0.05, 0) is 37.0 Å². The van der Waals surface area contributed by atoms with Crippen molar-refractivity contribution in [3.63, 3.8) is 0 Å². The van der Waals surface area contributed by atoms with E-state index in [1.807, 2.05) is 27.2 Å². The van der Waals surface area contributed by atoms with Crippen LogP contribution in [0, 0.1) is 0 Å². The summed E-state index contributed by atoms with van der Waals surface area (Å²) in [6.07, 6.45) is 5.22. The number of hydrogen-bond donors (Lipinski definition) is 3. The molecule has 0 aliphatic rings. The molecule has 1 aromatic rings. The Morgan fingerprint density at radius 1 is 1.06 bits per heavy atom. The quantitative estimate of drug-likeness (QED) is 0.499. The van der Waals surface area contributed by atoms with Gasteiger partial charge in [-0.3, -0.25) is 0 Å². The largest absolute Gasteiger partial charge is 0.388 e. The van der Waals surface area contributed by atoms with Crippen LogP contribution >= 0.6 is 0 Å². The van der Waals surface area contributed by atoms with Gasteiger partial charge < -0.3 is 16.0 Å². The third-order valence-electron chi connectivity index (χ3n) is 2.91. The summed E-state index contributed by atoms with van der Waals surface area (Å²) in [6.45, 7) is 3.76. The van der Waals surface area contributed by atoms with Crippen molar-refractivity contribution in [1.82, 2.24) is 0 Å². The fourth-order valence-electron chi connectivity index (χ4n) is 1.95. The summed E-state index contributed by atoms with van der Waals surface area (Å²) in [5.74, 6) is 0. The van der Waals surface area contributed by atoms with E-state index in [9.17, 15) is 0 Å². The normalized spacial score (nSPS) is 9.82. The van der Waals surface area contributed by atoms with Crippen LogP contribution in [0.1, 0.15) is 18.4 Å². The van der Waals surface area contributed by atoms with Gasteiger partial charge in [0.2, 0.25) is 0 Å². The summed E-state index contributed by atoms with van der Waals surface area (Å²) in [6, 6.07) is 4.29. The maximum Gasteiger partial charge on any atom is 0.0411 e. The first-order chi connectivity index (χ1) is 8.26. The van der Waals surface area contributed by atoms with Crippen molar-refractivity contribution in [3.05, 3.63) is 30.4 Å². The number of benzene rings is 1. The molecule has 3 nitrogen and oxygen atoms in total. The summed E-state index contributed by atoms with van der Waals surface area (Å²) in [5.41, 5.74) is 4.83. The van der Waals surface area contributed by atoms with Crippen molar-refractivity contribution < 1.29 is 0 Å². The zero-order valence-corrected chi connectivity index (χ0v) is 11.1. The Kier molecular flexibility index (Phi) is 5.40. The molecule has 0 amide bonds. The molecule has 0 aliphatic heterocycles. The molecule has 0 bridgehead atoms. The highest BCUT2D eigenvalue weighted by atomic mass is 14.9. The van der Waals surface area contributed by atoms with Gasteiger partial charge in [-0.1, -0.05) is 6.08 Å². The minimum atomic E-state index is 1.06. The van der Waals surface area contributed by atoms with Crippen LogP contribution in [0.2, 0.25) is 0 Å². The smallest absolute Gasteiger partial charge is 0.0411 e. The van der Waals surface area contributed by atoms with Gasteiger partial charge in [-0.15, -0.1) is 6.58 Å². The predicted molar refractivity (Wildman–Crippen MR) is 78.2 cm³/mol. The van der Waals surface area contributed by atoms with Crippen LogP contribution in [0.3, 0.4) is 0 Å². The molecule has 3 N–H and O–H groups in total.